The number of thioether (sulfide) groups is 1. The van der Waals surface area contributed by atoms with E-state index in [9.17, 15) is 9.18 Å². The number of fused-ring (bicyclic) bond motifs is 1. The van der Waals surface area contributed by atoms with Crippen LogP contribution in [0, 0.1) is 12.7 Å². The highest BCUT2D eigenvalue weighted by Crippen LogP contribution is 2.26. The van der Waals surface area contributed by atoms with Crippen LogP contribution in [0.2, 0.25) is 5.02 Å². The van der Waals surface area contributed by atoms with Crippen LogP contribution in [0.5, 0.6) is 0 Å². The Morgan fingerprint density at radius 1 is 1.28 bits per heavy atom. The van der Waals surface area contributed by atoms with Crippen LogP contribution in [0.15, 0.2) is 46.3 Å². The molecule has 0 saturated carbocycles. The van der Waals surface area contributed by atoms with E-state index in [1.54, 1.807) is 12.1 Å². The number of benzene rings is 2. The lowest BCUT2D eigenvalue weighted by Crippen LogP contribution is -2.13. The molecule has 3 nitrogen and oxygen atoms in total. The van der Waals surface area contributed by atoms with Gasteiger partial charge in [0.25, 0.3) is 0 Å². The Balaban J connectivity index is 1.73. The van der Waals surface area contributed by atoms with Crippen molar-refractivity contribution in [1.82, 2.24) is 4.57 Å². The quantitative estimate of drug-likeness (QED) is 0.587. The van der Waals surface area contributed by atoms with Crippen molar-refractivity contribution in [2.45, 2.75) is 18.2 Å². The average molecular weight is 395 g/mol. The van der Waals surface area contributed by atoms with E-state index in [4.69, 9.17) is 11.6 Å². The SMILES string of the molecule is Cc1c(Cl)ccc2sc(=NC(=O)CCSc3ccc(F)cc3)n(C)c12. The van der Waals surface area contributed by atoms with Crippen molar-refractivity contribution < 1.29 is 9.18 Å². The number of halogens is 2. The van der Waals surface area contributed by atoms with Gasteiger partial charge in [0.1, 0.15) is 5.82 Å². The first-order chi connectivity index (χ1) is 12.0. The molecule has 0 aliphatic heterocycles. The highest BCUT2D eigenvalue weighted by molar-refractivity contribution is 7.99. The lowest BCUT2D eigenvalue weighted by molar-refractivity contribution is -0.117. The van der Waals surface area contributed by atoms with Gasteiger partial charge in [-0.2, -0.15) is 4.99 Å². The number of amides is 1. The standard InChI is InChI=1S/C18H16ClFN2OS2/c1-11-14(19)7-8-15-17(11)22(2)18(25-15)21-16(23)9-10-24-13-5-3-12(20)4-6-13/h3-8H,9-10H2,1-2H3. The van der Waals surface area contributed by atoms with E-state index in [-0.39, 0.29) is 11.7 Å². The third-order valence-corrected chi connectivity index (χ3v) is 6.29. The lowest BCUT2D eigenvalue weighted by atomic mass is 10.2. The zero-order valence-electron chi connectivity index (χ0n) is 13.8. The van der Waals surface area contributed by atoms with Crippen molar-refractivity contribution in [3.05, 3.63) is 57.6 Å². The number of aryl methyl sites for hydroxylation is 2. The van der Waals surface area contributed by atoms with Gasteiger partial charge in [-0.3, -0.25) is 4.79 Å². The minimum absolute atomic E-state index is 0.166. The second kappa shape index (κ2) is 7.72. The summed E-state index contributed by atoms with van der Waals surface area (Å²) in [5.74, 6) is 0.177. The molecule has 3 rings (SSSR count). The summed E-state index contributed by atoms with van der Waals surface area (Å²) < 4.78 is 15.8. The summed E-state index contributed by atoms with van der Waals surface area (Å²) >= 11 is 9.17. The Kier molecular flexibility index (Phi) is 5.61. The summed E-state index contributed by atoms with van der Waals surface area (Å²) in [6, 6.07) is 10.1. The van der Waals surface area contributed by atoms with Crippen molar-refractivity contribution in [2.24, 2.45) is 12.0 Å². The van der Waals surface area contributed by atoms with Crippen molar-refractivity contribution in [1.29, 1.82) is 0 Å². The molecule has 0 aliphatic carbocycles. The van der Waals surface area contributed by atoms with Gasteiger partial charge in [-0.15, -0.1) is 11.8 Å². The van der Waals surface area contributed by atoms with Crippen LogP contribution < -0.4 is 4.80 Å². The van der Waals surface area contributed by atoms with Gasteiger partial charge in [0.15, 0.2) is 4.80 Å². The molecule has 0 aliphatic rings. The van der Waals surface area contributed by atoms with Crippen molar-refractivity contribution in [2.75, 3.05) is 5.75 Å². The summed E-state index contributed by atoms with van der Waals surface area (Å²) in [6.07, 6.45) is 0.329. The second-order valence-electron chi connectivity index (χ2n) is 5.52. The molecule has 3 aromatic rings. The number of carbonyl (C=O) groups is 1. The van der Waals surface area contributed by atoms with Gasteiger partial charge in [0, 0.05) is 29.1 Å². The smallest absolute Gasteiger partial charge is 0.249 e. The van der Waals surface area contributed by atoms with E-state index in [2.05, 4.69) is 4.99 Å². The van der Waals surface area contributed by atoms with E-state index in [0.29, 0.717) is 22.0 Å². The van der Waals surface area contributed by atoms with Crippen LogP contribution in [0.1, 0.15) is 12.0 Å². The highest BCUT2D eigenvalue weighted by atomic mass is 35.5. The first-order valence-corrected chi connectivity index (χ1v) is 9.84. The van der Waals surface area contributed by atoms with Crippen LogP contribution in [-0.2, 0) is 11.8 Å². The summed E-state index contributed by atoms with van der Waals surface area (Å²) in [4.78, 5) is 18.0. The molecule has 2 aromatic carbocycles. The van der Waals surface area contributed by atoms with Crippen molar-refractivity contribution in [3.8, 4) is 0 Å². The fraction of sp³-hybridized carbons (Fsp3) is 0.222. The largest absolute Gasteiger partial charge is 0.319 e. The molecule has 1 amide bonds. The van der Waals surface area contributed by atoms with E-state index in [0.717, 1.165) is 20.7 Å². The maximum Gasteiger partial charge on any atom is 0.249 e. The first-order valence-electron chi connectivity index (χ1n) is 7.66. The molecule has 0 N–H and O–H groups in total. The third kappa shape index (κ3) is 4.14. The number of rotatable bonds is 4. The topological polar surface area (TPSA) is 34.4 Å². The van der Waals surface area contributed by atoms with Gasteiger partial charge in [-0.05, 0) is 48.9 Å². The molecule has 0 unspecified atom stereocenters. The van der Waals surface area contributed by atoms with Crippen molar-refractivity contribution in [3.63, 3.8) is 0 Å². The van der Waals surface area contributed by atoms with Crippen LogP contribution in [-0.4, -0.2) is 16.2 Å². The maximum atomic E-state index is 12.9. The Morgan fingerprint density at radius 2 is 2.00 bits per heavy atom. The Labute approximate surface area is 158 Å². The number of nitrogens with zero attached hydrogens (tertiary/aromatic N) is 2. The minimum atomic E-state index is -0.261. The third-order valence-electron chi connectivity index (χ3n) is 3.77. The van der Waals surface area contributed by atoms with Gasteiger partial charge < -0.3 is 4.57 Å². The predicted octanol–water partition coefficient (Wildman–Crippen LogP) is 4.95. The molecule has 25 heavy (non-hydrogen) atoms. The van der Waals surface area contributed by atoms with Crippen LogP contribution in [0.4, 0.5) is 4.39 Å². The number of aromatic nitrogens is 1. The fourth-order valence-corrected chi connectivity index (χ4v) is 4.55. The Bertz CT molecular complexity index is 993. The zero-order valence-corrected chi connectivity index (χ0v) is 16.1. The Hall–Kier alpha value is -1.63. The summed E-state index contributed by atoms with van der Waals surface area (Å²) in [7, 11) is 1.89. The van der Waals surface area contributed by atoms with E-state index in [1.807, 2.05) is 30.7 Å². The molecular weight excluding hydrogens is 379 g/mol. The van der Waals surface area contributed by atoms with Crippen LogP contribution >= 0.6 is 34.7 Å². The number of hydrogen-bond acceptors (Lipinski definition) is 3. The summed E-state index contributed by atoms with van der Waals surface area (Å²) in [6.45, 7) is 1.96. The molecule has 0 fully saturated rings. The van der Waals surface area contributed by atoms with Gasteiger partial charge in [-0.25, -0.2) is 4.39 Å². The highest BCUT2D eigenvalue weighted by Gasteiger charge is 2.09. The van der Waals surface area contributed by atoms with Gasteiger partial charge in [0.2, 0.25) is 5.91 Å². The van der Waals surface area contributed by atoms with Crippen molar-refractivity contribution >= 4 is 50.8 Å². The number of thiazole rings is 1. The molecular formula is C18H16ClFN2OS2. The second-order valence-corrected chi connectivity index (χ2v) is 8.11. The van der Waals surface area contributed by atoms with E-state index >= 15 is 0 Å². The molecule has 0 radical (unpaired) electrons. The lowest BCUT2D eigenvalue weighted by Gasteiger charge is -2.02. The molecule has 1 aromatic heterocycles. The molecule has 0 bridgehead atoms. The van der Waals surface area contributed by atoms with Gasteiger partial charge in [0.05, 0.1) is 10.2 Å². The molecule has 7 heteroatoms. The zero-order chi connectivity index (χ0) is 18.0. The first kappa shape index (κ1) is 18.2. The summed E-state index contributed by atoms with van der Waals surface area (Å²) in [5.41, 5.74) is 1.99. The molecule has 0 spiro atoms. The van der Waals surface area contributed by atoms with Crippen LogP contribution in [0.3, 0.4) is 0 Å². The average Bonchev–Trinajstić information content (AvgIpc) is 2.89. The molecule has 1 heterocycles. The van der Waals surface area contributed by atoms with E-state index < -0.39 is 0 Å². The number of carbonyl (C=O) groups excluding carboxylic acids is 1. The predicted molar refractivity (Wildman–Crippen MR) is 103 cm³/mol. The monoisotopic (exact) mass is 394 g/mol. The molecule has 0 atom stereocenters. The van der Waals surface area contributed by atoms with Crippen LogP contribution in [0.25, 0.3) is 10.2 Å². The maximum absolute atomic E-state index is 12.9. The number of hydrogen-bond donors (Lipinski definition) is 0. The fourth-order valence-electron chi connectivity index (χ4n) is 2.46. The summed E-state index contributed by atoms with van der Waals surface area (Å²) in [5, 5.41) is 0.703. The van der Waals surface area contributed by atoms with Gasteiger partial charge >= 0.3 is 0 Å². The molecule has 0 saturated heterocycles. The van der Waals surface area contributed by atoms with E-state index in [1.165, 1.54) is 35.2 Å². The minimum Gasteiger partial charge on any atom is -0.319 e. The molecule has 130 valence electrons. The Morgan fingerprint density at radius 3 is 2.72 bits per heavy atom. The van der Waals surface area contributed by atoms with Gasteiger partial charge in [-0.1, -0.05) is 22.9 Å². The normalized spacial score (nSPS) is 12.1.